The molecule has 10 heteroatoms. The second kappa shape index (κ2) is 11.5. The molecule has 4 aromatic rings. The van der Waals surface area contributed by atoms with E-state index in [1.54, 1.807) is 30.0 Å². The zero-order valence-corrected chi connectivity index (χ0v) is 27.6. The second-order valence-electron chi connectivity index (χ2n) is 13.1. The zero-order valence-electron chi connectivity index (χ0n) is 26.8. The van der Waals surface area contributed by atoms with Gasteiger partial charge in [-0.3, -0.25) is 29.2 Å². The van der Waals surface area contributed by atoms with E-state index in [2.05, 4.69) is 10.00 Å². The molecule has 1 aromatic heterocycles. The van der Waals surface area contributed by atoms with E-state index < -0.39 is 5.54 Å². The number of allylic oxidation sites excluding steroid dienone is 2. The summed E-state index contributed by atoms with van der Waals surface area (Å²) in [5.74, 6) is -1.04. The van der Waals surface area contributed by atoms with Crippen LogP contribution in [0.5, 0.6) is 0 Å². The minimum Gasteiger partial charge on any atom is -0.506 e. The maximum Gasteiger partial charge on any atom is 0.275 e. The number of unbranched alkanes of at least 4 members (excludes halogenated alkanes) is 1. The molecule has 0 bridgehead atoms. The highest BCUT2D eigenvalue weighted by Crippen LogP contribution is 2.46. The molecular weight excluding hydrogens is 612 g/mol. The van der Waals surface area contributed by atoms with Crippen LogP contribution in [0.3, 0.4) is 0 Å². The number of hydrogen-bond acceptors (Lipinski definition) is 7. The molecule has 2 N–H and O–H groups in total. The van der Waals surface area contributed by atoms with Gasteiger partial charge in [0.25, 0.3) is 17.4 Å². The number of amides is 2. The van der Waals surface area contributed by atoms with Gasteiger partial charge in [0.2, 0.25) is 5.78 Å². The Labute approximate surface area is 276 Å². The minimum absolute atomic E-state index is 0.0672. The Kier molecular flexibility index (Phi) is 7.50. The third-order valence-corrected chi connectivity index (χ3v) is 10.4. The summed E-state index contributed by atoms with van der Waals surface area (Å²) in [5.41, 5.74) is 2.42. The number of nitrogens with zero attached hydrogens (tertiary/aromatic N) is 3. The molecule has 2 amide bonds. The van der Waals surface area contributed by atoms with E-state index >= 15 is 0 Å². The molecule has 3 aliphatic rings. The molecule has 9 nitrogen and oxygen atoms in total. The van der Waals surface area contributed by atoms with Crippen molar-refractivity contribution in [1.29, 1.82) is 0 Å². The molecule has 1 aliphatic carbocycles. The molecule has 7 rings (SSSR count). The summed E-state index contributed by atoms with van der Waals surface area (Å²) in [6.07, 6.45) is 3.58. The summed E-state index contributed by atoms with van der Waals surface area (Å²) in [4.78, 5) is 58.1. The van der Waals surface area contributed by atoms with Crippen molar-refractivity contribution in [3.63, 3.8) is 0 Å². The molecule has 3 heterocycles. The van der Waals surface area contributed by atoms with Crippen molar-refractivity contribution in [3.8, 4) is 0 Å². The lowest BCUT2D eigenvalue weighted by molar-refractivity contribution is -0.111. The summed E-state index contributed by atoms with van der Waals surface area (Å²) in [6.45, 7) is 8.52. The predicted octanol–water partition coefficient (Wildman–Crippen LogP) is 6.44. The van der Waals surface area contributed by atoms with E-state index in [1.165, 1.54) is 9.58 Å². The Morgan fingerprint density at radius 2 is 1.55 bits per heavy atom. The minimum atomic E-state index is -0.513. The van der Waals surface area contributed by atoms with Gasteiger partial charge in [-0.1, -0.05) is 55.1 Å². The summed E-state index contributed by atoms with van der Waals surface area (Å²) in [7, 11) is 0. The lowest BCUT2D eigenvalue weighted by atomic mass is 9.83. The van der Waals surface area contributed by atoms with E-state index in [0.29, 0.717) is 49.2 Å². The molecule has 0 fully saturated rings. The fourth-order valence-electron chi connectivity index (χ4n) is 6.75. The van der Waals surface area contributed by atoms with Crippen LogP contribution in [0.25, 0.3) is 16.3 Å². The number of carbonyl (C=O) groups is 3. The first-order valence-electron chi connectivity index (χ1n) is 16.0. The van der Waals surface area contributed by atoms with Crippen LogP contribution in [0.2, 0.25) is 0 Å². The average molecular weight is 649 g/mol. The number of H-pyrrole nitrogens is 1. The monoisotopic (exact) mass is 648 g/mol. The van der Waals surface area contributed by atoms with Crippen molar-refractivity contribution in [2.24, 2.45) is 0 Å². The second-order valence-corrected chi connectivity index (χ2v) is 14.3. The number of nitrogens with one attached hydrogen (secondary N) is 1. The van der Waals surface area contributed by atoms with Gasteiger partial charge in [-0.2, -0.15) is 0 Å². The molecule has 0 spiro atoms. The number of aliphatic hydroxyl groups is 1. The SMILES string of the molecule is CCc1[nH]n(C(C)(C)C)c(=O)c1C1=C(O)/C(=C/C2Sc3ccccc3N2CCCCN2C(=O)c3cccc4cccc(c34)C2=O)C1=O. The number of ketones is 1. The van der Waals surface area contributed by atoms with Crippen LogP contribution >= 0.6 is 11.8 Å². The third kappa shape index (κ3) is 4.93. The number of aromatic amines is 1. The number of benzene rings is 3. The lowest BCUT2D eigenvalue weighted by Crippen LogP contribution is -2.41. The Morgan fingerprint density at radius 1 is 0.894 bits per heavy atom. The maximum absolute atomic E-state index is 13.5. The van der Waals surface area contributed by atoms with Gasteiger partial charge in [-0.15, -0.1) is 0 Å². The van der Waals surface area contributed by atoms with Gasteiger partial charge in [0.05, 0.1) is 33.3 Å². The van der Waals surface area contributed by atoms with E-state index in [1.807, 2.05) is 76.2 Å². The van der Waals surface area contributed by atoms with Gasteiger partial charge < -0.3 is 10.0 Å². The topological polar surface area (TPSA) is 116 Å². The Hall–Kier alpha value is -4.83. The molecule has 1 unspecified atom stereocenters. The number of hydrogen-bond donors (Lipinski definition) is 2. The molecule has 0 radical (unpaired) electrons. The Balaban J connectivity index is 1.10. The fourth-order valence-corrected chi connectivity index (χ4v) is 8.03. The van der Waals surface area contributed by atoms with E-state index in [-0.39, 0.29) is 51.0 Å². The zero-order chi connectivity index (χ0) is 33.2. The third-order valence-electron chi connectivity index (χ3n) is 9.13. The molecule has 3 aromatic carbocycles. The number of rotatable bonds is 8. The van der Waals surface area contributed by atoms with Crippen LogP contribution < -0.4 is 10.5 Å². The summed E-state index contributed by atoms with van der Waals surface area (Å²) < 4.78 is 1.51. The van der Waals surface area contributed by atoms with Crippen LogP contribution in [0.4, 0.5) is 5.69 Å². The number of thioether (sulfide) groups is 1. The van der Waals surface area contributed by atoms with Gasteiger partial charge >= 0.3 is 0 Å². The number of aromatic nitrogens is 2. The Morgan fingerprint density at radius 3 is 2.19 bits per heavy atom. The number of para-hydroxylation sites is 1. The maximum atomic E-state index is 13.5. The molecule has 2 aliphatic heterocycles. The largest absolute Gasteiger partial charge is 0.506 e. The summed E-state index contributed by atoms with van der Waals surface area (Å²) in [6, 6.07) is 19.1. The van der Waals surface area contributed by atoms with Crippen molar-refractivity contribution < 1.29 is 19.5 Å². The van der Waals surface area contributed by atoms with Crippen molar-refractivity contribution in [3.05, 3.63) is 111 Å². The van der Waals surface area contributed by atoms with Gasteiger partial charge in [0.15, 0.2) is 0 Å². The van der Waals surface area contributed by atoms with Crippen LogP contribution in [0.1, 0.15) is 72.5 Å². The number of aliphatic hydroxyl groups excluding tert-OH is 1. The normalized spacial score (nSPS) is 18.5. The van der Waals surface area contributed by atoms with Crippen molar-refractivity contribution >= 4 is 51.4 Å². The molecule has 240 valence electrons. The molecule has 1 atom stereocenters. The van der Waals surface area contributed by atoms with Crippen molar-refractivity contribution in [2.75, 3.05) is 18.0 Å². The van der Waals surface area contributed by atoms with Crippen LogP contribution in [0.15, 0.2) is 87.8 Å². The van der Waals surface area contributed by atoms with E-state index in [9.17, 15) is 24.3 Å². The van der Waals surface area contributed by atoms with Crippen LogP contribution in [-0.4, -0.2) is 55.8 Å². The van der Waals surface area contributed by atoms with Gasteiger partial charge in [-0.05, 0) is 75.8 Å². The smallest absolute Gasteiger partial charge is 0.275 e. The number of aryl methyl sites for hydroxylation is 1. The number of imide groups is 1. The average Bonchev–Trinajstić information content (AvgIpc) is 3.58. The highest BCUT2D eigenvalue weighted by molar-refractivity contribution is 8.00. The summed E-state index contributed by atoms with van der Waals surface area (Å²) >= 11 is 1.59. The summed E-state index contributed by atoms with van der Waals surface area (Å²) in [5, 5.41) is 15.6. The van der Waals surface area contributed by atoms with E-state index in [4.69, 9.17) is 0 Å². The highest BCUT2D eigenvalue weighted by atomic mass is 32.2. The number of carbonyl (C=O) groups excluding carboxylic acids is 3. The fraction of sp³-hybridized carbons (Fsp3) is 0.297. The van der Waals surface area contributed by atoms with Gasteiger partial charge in [0, 0.05) is 40.2 Å². The van der Waals surface area contributed by atoms with E-state index in [0.717, 1.165) is 21.4 Å². The quantitative estimate of drug-likeness (QED) is 0.128. The Bertz CT molecular complexity index is 2060. The van der Waals surface area contributed by atoms with Gasteiger partial charge in [0.1, 0.15) is 5.76 Å². The lowest BCUT2D eigenvalue weighted by Gasteiger charge is -2.29. The first-order valence-corrected chi connectivity index (χ1v) is 16.8. The molecule has 0 saturated heterocycles. The van der Waals surface area contributed by atoms with Crippen LogP contribution in [0, 0.1) is 0 Å². The predicted molar refractivity (Wildman–Crippen MR) is 184 cm³/mol. The molecule has 47 heavy (non-hydrogen) atoms. The number of Topliss-reactive ketones (excluding diaryl/α,β-unsaturated/α-hetero) is 1. The van der Waals surface area contributed by atoms with Crippen molar-refractivity contribution in [2.45, 2.75) is 62.8 Å². The molecular formula is C37H36N4O5S. The van der Waals surface area contributed by atoms with Crippen LogP contribution in [-0.2, 0) is 16.8 Å². The first kappa shape index (κ1) is 30.8. The standard InChI is InChI=1S/C37H36N4O5S/c1-5-25-30(36(46)41(38-25)37(2,3)4)31-32(42)24(33(31)43)20-28-39(26-16-6-7-17-27(26)47-28)18-8-9-19-40-34(44)22-14-10-12-21-13-11-15-23(29(21)22)35(40)45/h6-7,10-17,20,28,38,42H,5,8-9,18-19H2,1-4H3/b24-20-. The van der Waals surface area contributed by atoms with Gasteiger partial charge in [-0.25, -0.2) is 4.68 Å². The number of anilines is 1. The first-order chi connectivity index (χ1) is 22.5. The number of fused-ring (bicyclic) bond motifs is 1. The molecule has 0 saturated carbocycles. The highest BCUT2D eigenvalue weighted by Gasteiger charge is 2.41. The van der Waals surface area contributed by atoms with Crippen molar-refractivity contribution in [1.82, 2.24) is 14.7 Å².